The largest absolute Gasteiger partial charge is 0.462 e. The van der Waals surface area contributed by atoms with Crippen molar-refractivity contribution in [3.63, 3.8) is 0 Å². The van der Waals surface area contributed by atoms with Crippen molar-refractivity contribution in [2.24, 2.45) is 0 Å². The van der Waals surface area contributed by atoms with Gasteiger partial charge in [-0.3, -0.25) is 4.79 Å². The topological polar surface area (TPSA) is 61.9 Å². The third-order valence-electron chi connectivity index (χ3n) is 5.63. The number of amides is 1. The number of carbonyl (C=O) groups is 2. The summed E-state index contributed by atoms with van der Waals surface area (Å²) < 4.78 is 5.24. The number of fused-ring (bicyclic) bond motifs is 1. The van der Waals surface area contributed by atoms with Crippen LogP contribution in [0, 0.1) is 0 Å². The van der Waals surface area contributed by atoms with Gasteiger partial charge < -0.3 is 19.9 Å². The molecule has 6 heteroatoms. The van der Waals surface area contributed by atoms with E-state index >= 15 is 0 Å². The normalized spacial score (nSPS) is 11.5. The highest BCUT2D eigenvalue weighted by atomic mass is 16.5. The first-order chi connectivity index (χ1) is 16.3. The van der Waals surface area contributed by atoms with Gasteiger partial charge >= 0.3 is 5.97 Å². The lowest BCUT2D eigenvalue weighted by Crippen LogP contribution is -2.28. The van der Waals surface area contributed by atoms with Crippen molar-refractivity contribution < 1.29 is 14.3 Å². The van der Waals surface area contributed by atoms with Gasteiger partial charge in [0.25, 0.3) is 0 Å². The van der Waals surface area contributed by atoms with Crippen molar-refractivity contribution in [1.29, 1.82) is 0 Å². The van der Waals surface area contributed by atoms with Gasteiger partial charge in [0, 0.05) is 31.9 Å². The third-order valence-corrected chi connectivity index (χ3v) is 5.63. The van der Waals surface area contributed by atoms with Gasteiger partial charge in [-0.15, -0.1) is 0 Å². The molecular weight excluding hydrogens is 426 g/mol. The molecule has 0 bridgehead atoms. The number of nitrogens with one attached hydrogen (secondary N) is 1. The molecule has 0 spiro atoms. The summed E-state index contributed by atoms with van der Waals surface area (Å²) in [7, 11) is 6.01. The lowest BCUT2D eigenvalue weighted by Gasteiger charge is -2.23. The Hall–Kier alpha value is -3.64. The number of allylic oxidation sites excluding steroid dienone is 1. The summed E-state index contributed by atoms with van der Waals surface area (Å²) in [6, 6.07) is 19.6. The summed E-state index contributed by atoms with van der Waals surface area (Å²) >= 11 is 0. The van der Waals surface area contributed by atoms with Crippen LogP contribution in [0.5, 0.6) is 0 Å². The molecule has 0 fully saturated rings. The van der Waals surface area contributed by atoms with Gasteiger partial charge in [-0.05, 0) is 74.1 Å². The molecule has 178 valence electrons. The van der Waals surface area contributed by atoms with Crippen molar-refractivity contribution in [3.8, 4) is 0 Å². The summed E-state index contributed by atoms with van der Waals surface area (Å²) in [6.45, 7) is 5.60. The van der Waals surface area contributed by atoms with E-state index in [0.29, 0.717) is 11.3 Å². The second kappa shape index (κ2) is 11.5. The molecule has 0 saturated carbocycles. The van der Waals surface area contributed by atoms with Gasteiger partial charge in [-0.1, -0.05) is 36.4 Å². The number of likely N-dealkylation sites (N-methyl/N-ethyl adjacent to an activating group) is 2. The zero-order chi connectivity index (χ0) is 24.7. The number of benzene rings is 3. The predicted octanol–water partition coefficient (Wildman–Crippen LogP) is 5.06. The molecule has 0 aliphatic rings. The number of carbonyl (C=O) groups excluding carboxylic acids is 2. The fraction of sp³-hybridized carbons (Fsp3) is 0.286. The number of esters is 1. The molecule has 0 saturated heterocycles. The minimum atomic E-state index is -0.462. The molecule has 34 heavy (non-hydrogen) atoms. The van der Waals surface area contributed by atoms with Crippen molar-refractivity contribution in [2.45, 2.75) is 13.8 Å². The first-order valence-corrected chi connectivity index (χ1v) is 11.4. The predicted molar refractivity (Wildman–Crippen MR) is 140 cm³/mol. The molecule has 0 aromatic heterocycles. The molecule has 3 aromatic carbocycles. The molecule has 0 heterocycles. The Morgan fingerprint density at radius 1 is 0.941 bits per heavy atom. The van der Waals surface area contributed by atoms with Gasteiger partial charge in [0.1, 0.15) is 0 Å². The number of nitrogens with zero attached hydrogens (tertiary/aromatic N) is 2. The maximum Gasteiger partial charge on any atom is 0.340 e. The molecule has 0 aliphatic heterocycles. The summed E-state index contributed by atoms with van der Waals surface area (Å²) in [4.78, 5) is 29.6. The van der Waals surface area contributed by atoms with E-state index in [1.54, 1.807) is 25.1 Å². The zero-order valence-electron chi connectivity index (χ0n) is 20.6. The number of anilines is 2. The van der Waals surface area contributed by atoms with E-state index in [9.17, 15) is 9.59 Å². The van der Waals surface area contributed by atoms with Crippen molar-refractivity contribution in [3.05, 3.63) is 77.9 Å². The van der Waals surface area contributed by atoms with E-state index in [1.807, 2.05) is 58.4 Å². The molecule has 1 N–H and O–H groups in total. The van der Waals surface area contributed by atoms with Crippen LogP contribution in [0.2, 0.25) is 0 Å². The second-order valence-corrected chi connectivity index (χ2v) is 8.55. The number of ether oxygens (including phenoxy) is 1. The van der Waals surface area contributed by atoms with Crippen LogP contribution in [0.3, 0.4) is 0 Å². The summed E-state index contributed by atoms with van der Waals surface area (Å²) in [5.74, 6) is -0.763. The summed E-state index contributed by atoms with van der Waals surface area (Å²) in [5, 5.41) is 5.13. The van der Waals surface area contributed by atoms with Crippen LogP contribution in [0.4, 0.5) is 11.4 Å². The monoisotopic (exact) mass is 459 g/mol. The van der Waals surface area contributed by atoms with Crippen LogP contribution in [0.15, 0.2) is 66.7 Å². The van der Waals surface area contributed by atoms with Crippen LogP contribution in [0.25, 0.3) is 16.3 Å². The molecule has 0 radical (unpaired) electrons. The lowest BCUT2D eigenvalue weighted by molar-refractivity contribution is -0.111. The first-order valence-electron chi connectivity index (χ1n) is 11.4. The summed E-state index contributed by atoms with van der Waals surface area (Å²) in [5.41, 5.74) is 3.45. The van der Waals surface area contributed by atoms with Crippen LogP contribution in [-0.4, -0.2) is 57.6 Å². The highest BCUT2D eigenvalue weighted by molar-refractivity contribution is 6.08. The Balaban J connectivity index is 1.82. The van der Waals surface area contributed by atoms with Gasteiger partial charge in [-0.25, -0.2) is 4.79 Å². The Morgan fingerprint density at radius 2 is 1.68 bits per heavy atom. The smallest absolute Gasteiger partial charge is 0.340 e. The Labute approximate surface area is 201 Å². The maximum atomic E-state index is 12.8. The fourth-order valence-electron chi connectivity index (χ4n) is 3.62. The van der Waals surface area contributed by atoms with Gasteiger partial charge in [0.15, 0.2) is 0 Å². The molecule has 0 unspecified atom stereocenters. The molecule has 3 aromatic rings. The van der Waals surface area contributed by atoms with Gasteiger partial charge in [-0.2, -0.15) is 0 Å². The SMILES string of the molecule is CCOC(=O)c1cc(N(C)CCN(C)C)ccc1NC(=O)C=C(C)c1ccc2ccccc2c1. The van der Waals surface area contributed by atoms with Gasteiger partial charge in [0.2, 0.25) is 5.91 Å². The Bertz CT molecular complexity index is 1200. The quantitative estimate of drug-likeness (QED) is 0.358. The zero-order valence-corrected chi connectivity index (χ0v) is 20.6. The Kier molecular flexibility index (Phi) is 8.44. The third kappa shape index (κ3) is 6.45. The first kappa shape index (κ1) is 25.0. The van der Waals surface area contributed by atoms with E-state index in [-0.39, 0.29) is 12.5 Å². The highest BCUT2D eigenvalue weighted by Crippen LogP contribution is 2.25. The average molecular weight is 460 g/mol. The molecule has 1 amide bonds. The molecule has 0 atom stereocenters. The van der Waals surface area contributed by atoms with E-state index in [4.69, 9.17) is 4.74 Å². The molecule has 0 aliphatic carbocycles. The number of hydrogen-bond donors (Lipinski definition) is 1. The standard InChI is InChI=1S/C28H33N3O3/c1-6-34-28(33)25-19-24(31(5)16-15-30(3)4)13-14-26(25)29-27(32)17-20(2)22-12-11-21-9-7-8-10-23(21)18-22/h7-14,17-19H,6,15-16H2,1-5H3,(H,29,32). The Morgan fingerprint density at radius 3 is 2.38 bits per heavy atom. The minimum Gasteiger partial charge on any atom is -0.462 e. The van der Waals surface area contributed by atoms with E-state index < -0.39 is 5.97 Å². The minimum absolute atomic E-state index is 0.258. The lowest BCUT2D eigenvalue weighted by atomic mass is 10.0. The van der Waals surface area contributed by atoms with Crippen LogP contribution in [-0.2, 0) is 9.53 Å². The summed E-state index contributed by atoms with van der Waals surface area (Å²) in [6.07, 6.45) is 1.55. The van der Waals surface area contributed by atoms with Crippen molar-refractivity contribution >= 4 is 39.6 Å². The second-order valence-electron chi connectivity index (χ2n) is 8.55. The highest BCUT2D eigenvalue weighted by Gasteiger charge is 2.16. The van der Waals surface area contributed by atoms with Gasteiger partial charge in [0.05, 0.1) is 17.9 Å². The number of hydrogen-bond acceptors (Lipinski definition) is 5. The number of rotatable bonds is 9. The van der Waals surface area contributed by atoms with Crippen LogP contribution < -0.4 is 10.2 Å². The van der Waals surface area contributed by atoms with Crippen molar-refractivity contribution in [2.75, 3.05) is 51.1 Å². The van der Waals surface area contributed by atoms with Crippen molar-refractivity contribution in [1.82, 2.24) is 4.90 Å². The molecular formula is C28H33N3O3. The van der Waals surface area contributed by atoms with E-state index in [2.05, 4.69) is 33.3 Å². The van der Waals surface area contributed by atoms with E-state index in [1.165, 1.54) is 0 Å². The van der Waals surface area contributed by atoms with E-state index in [0.717, 1.165) is 40.7 Å². The van der Waals surface area contributed by atoms with Crippen LogP contribution in [0.1, 0.15) is 29.8 Å². The molecule has 6 nitrogen and oxygen atoms in total. The van der Waals surface area contributed by atoms with Crippen LogP contribution >= 0.6 is 0 Å². The maximum absolute atomic E-state index is 12.8. The molecule has 3 rings (SSSR count). The average Bonchev–Trinajstić information content (AvgIpc) is 2.82. The fourth-order valence-corrected chi connectivity index (χ4v) is 3.62.